The fraction of sp³-hybridized carbons (Fsp3) is 0.250. The maximum absolute atomic E-state index is 12.3. The number of alkyl halides is 6. The molecule has 0 aliphatic heterocycles. The van der Waals surface area contributed by atoms with E-state index < -0.39 is 36.6 Å². The quantitative estimate of drug-likeness (QED) is 0.507. The van der Waals surface area contributed by atoms with E-state index in [1.807, 2.05) is 0 Å². The number of halogens is 6. The molecule has 0 aliphatic rings. The molecule has 0 fully saturated rings. The molecule has 0 aliphatic carbocycles. The zero-order chi connectivity index (χ0) is 14.1. The molecule has 1 aromatic rings. The van der Waals surface area contributed by atoms with Crippen LogP contribution in [0.1, 0.15) is 12.6 Å². The van der Waals surface area contributed by atoms with E-state index in [0.717, 1.165) is 0 Å². The zero-order valence-corrected chi connectivity index (χ0v) is 11.9. The fourth-order valence-corrected chi connectivity index (χ4v) is 1.12. The van der Waals surface area contributed by atoms with Crippen LogP contribution in [0.3, 0.4) is 0 Å². The average molecular weight is 316 g/mol. The summed E-state index contributed by atoms with van der Waals surface area (Å²) in [6, 6.07) is 0.361. The SMILES string of the molecule is O.OB(O)Oc1cc(C(F)(F)F)cc(C(F)(F)F)c1.[H-].[Na+]. The van der Waals surface area contributed by atoms with Crippen LogP contribution >= 0.6 is 0 Å². The normalized spacial score (nSPS) is 11.2. The second kappa shape index (κ2) is 7.52. The summed E-state index contributed by atoms with van der Waals surface area (Å²) in [6.07, 6.45) is -10.0. The van der Waals surface area contributed by atoms with Crippen LogP contribution in [0, 0.1) is 0 Å². The molecule has 1 rings (SSSR count). The second-order valence-corrected chi connectivity index (χ2v) is 3.19. The number of hydrogen-bond donors (Lipinski definition) is 2. The Morgan fingerprint density at radius 1 is 0.900 bits per heavy atom. The Hall–Kier alpha value is -0.455. The van der Waals surface area contributed by atoms with E-state index in [1.165, 1.54) is 0 Å². The van der Waals surface area contributed by atoms with Crippen LogP contribution in [-0.4, -0.2) is 22.8 Å². The molecular weight excluding hydrogens is 308 g/mol. The average Bonchev–Trinajstić information content (AvgIpc) is 2.13. The van der Waals surface area contributed by atoms with Gasteiger partial charge in [-0.2, -0.15) is 26.3 Å². The Kier molecular flexibility index (Phi) is 8.21. The summed E-state index contributed by atoms with van der Waals surface area (Å²) in [7, 11) is -2.52. The van der Waals surface area contributed by atoms with Gasteiger partial charge in [0.1, 0.15) is 5.75 Å². The molecule has 0 unspecified atom stereocenters. The van der Waals surface area contributed by atoms with Gasteiger partial charge in [0, 0.05) is 0 Å². The standard InChI is InChI=1S/C8H5BF6O3.Na.H2O.H/c10-7(11,12)4-1-5(8(13,14)15)3-6(2-4)18-9(16)17;;;/h1-3,16-17H;;1H2;/q;+1;;-1. The van der Waals surface area contributed by atoms with Crippen molar-refractivity contribution in [2.75, 3.05) is 0 Å². The molecule has 0 amide bonds. The van der Waals surface area contributed by atoms with Crippen molar-refractivity contribution in [3.8, 4) is 5.75 Å². The van der Waals surface area contributed by atoms with E-state index in [9.17, 15) is 26.3 Å². The Labute approximate surface area is 132 Å². The summed E-state index contributed by atoms with van der Waals surface area (Å²) in [5.41, 5.74) is -3.21. The largest absolute Gasteiger partial charge is 1.00 e. The van der Waals surface area contributed by atoms with Gasteiger partial charge in [0.2, 0.25) is 0 Å². The summed E-state index contributed by atoms with van der Waals surface area (Å²) in [4.78, 5) is 0. The third kappa shape index (κ3) is 6.33. The van der Waals surface area contributed by atoms with Gasteiger partial charge in [0.05, 0.1) is 11.1 Å². The van der Waals surface area contributed by atoms with Gasteiger partial charge in [-0.3, -0.25) is 0 Å². The molecule has 1 aromatic carbocycles. The first-order valence-corrected chi connectivity index (χ1v) is 4.32. The molecule has 110 valence electrons. The van der Waals surface area contributed by atoms with Gasteiger partial charge >= 0.3 is 49.2 Å². The van der Waals surface area contributed by atoms with Crippen molar-refractivity contribution < 1.29 is 77.5 Å². The van der Waals surface area contributed by atoms with Crippen molar-refractivity contribution in [3.05, 3.63) is 29.3 Å². The van der Waals surface area contributed by atoms with Gasteiger partial charge in [-0.15, -0.1) is 0 Å². The molecule has 4 nitrogen and oxygen atoms in total. The Morgan fingerprint density at radius 2 is 1.25 bits per heavy atom. The molecule has 0 radical (unpaired) electrons. The smallest absolute Gasteiger partial charge is 1.00 e. The van der Waals surface area contributed by atoms with Crippen LogP contribution in [-0.2, 0) is 12.4 Å². The van der Waals surface area contributed by atoms with Gasteiger partial charge in [-0.25, -0.2) is 0 Å². The van der Waals surface area contributed by atoms with Gasteiger partial charge in [0.15, 0.2) is 0 Å². The molecule has 0 saturated carbocycles. The van der Waals surface area contributed by atoms with Crippen LogP contribution in [0.4, 0.5) is 26.3 Å². The minimum Gasteiger partial charge on any atom is -1.00 e. The minimum absolute atomic E-state index is 0. The van der Waals surface area contributed by atoms with Gasteiger partial charge < -0.3 is 21.6 Å². The van der Waals surface area contributed by atoms with E-state index in [-0.39, 0.29) is 54.7 Å². The van der Waals surface area contributed by atoms with Gasteiger partial charge in [-0.1, -0.05) is 0 Å². The summed E-state index contributed by atoms with van der Waals surface area (Å²) in [6.45, 7) is 0. The summed E-state index contributed by atoms with van der Waals surface area (Å²) in [5, 5.41) is 16.7. The first kappa shape index (κ1) is 21.8. The Balaban J connectivity index is -0.00000108. The maximum Gasteiger partial charge on any atom is 1.00 e. The molecule has 0 atom stereocenters. The van der Waals surface area contributed by atoms with E-state index in [0.29, 0.717) is 0 Å². The summed E-state index contributed by atoms with van der Waals surface area (Å²) < 4.78 is 78.0. The number of hydrogen-bond acceptors (Lipinski definition) is 3. The molecule has 0 bridgehead atoms. The summed E-state index contributed by atoms with van der Waals surface area (Å²) >= 11 is 0. The Bertz CT molecular complexity index is 410. The van der Waals surface area contributed by atoms with Crippen molar-refractivity contribution in [2.45, 2.75) is 12.4 Å². The molecule has 0 spiro atoms. The molecule has 12 heteroatoms. The van der Waals surface area contributed by atoms with Gasteiger partial charge in [0.25, 0.3) is 0 Å². The van der Waals surface area contributed by atoms with Crippen LogP contribution in [0.5, 0.6) is 5.75 Å². The molecule has 0 heterocycles. The van der Waals surface area contributed by atoms with Crippen molar-refractivity contribution in [1.29, 1.82) is 0 Å². The third-order valence-electron chi connectivity index (χ3n) is 1.80. The Morgan fingerprint density at radius 3 is 1.50 bits per heavy atom. The van der Waals surface area contributed by atoms with Crippen molar-refractivity contribution in [3.63, 3.8) is 0 Å². The van der Waals surface area contributed by atoms with Crippen LogP contribution in [0.25, 0.3) is 0 Å². The van der Waals surface area contributed by atoms with Gasteiger partial charge in [-0.05, 0) is 18.2 Å². The molecular formula is C8H8BF6NaO4. The summed E-state index contributed by atoms with van der Waals surface area (Å²) in [5.74, 6) is -0.952. The monoisotopic (exact) mass is 316 g/mol. The van der Waals surface area contributed by atoms with Crippen LogP contribution in [0.2, 0.25) is 0 Å². The topological polar surface area (TPSA) is 81.2 Å². The molecule has 4 N–H and O–H groups in total. The molecule has 20 heavy (non-hydrogen) atoms. The molecule has 0 saturated heterocycles. The van der Waals surface area contributed by atoms with Crippen molar-refractivity contribution >= 4 is 7.32 Å². The first-order chi connectivity index (χ1) is 8.00. The fourth-order valence-electron chi connectivity index (χ4n) is 1.12. The molecule has 0 aromatic heterocycles. The van der Waals surface area contributed by atoms with Crippen LogP contribution in [0.15, 0.2) is 18.2 Å². The van der Waals surface area contributed by atoms with Crippen LogP contribution < -0.4 is 34.2 Å². The number of benzene rings is 1. The number of rotatable bonds is 2. The van der Waals surface area contributed by atoms with Crippen molar-refractivity contribution in [2.24, 2.45) is 0 Å². The van der Waals surface area contributed by atoms with E-state index in [1.54, 1.807) is 0 Å². The maximum atomic E-state index is 12.3. The van der Waals surface area contributed by atoms with E-state index in [2.05, 4.69) is 4.65 Å². The third-order valence-corrected chi connectivity index (χ3v) is 1.80. The first-order valence-electron chi connectivity index (χ1n) is 4.32. The zero-order valence-electron chi connectivity index (χ0n) is 10.9. The van der Waals surface area contributed by atoms with E-state index in [4.69, 9.17) is 10.0 Å². The predicted octanol–water partition coefficient (Wildman–Crippen LogP) is -1.64. The van der Waals surface area contributed by atoms with Crippen molar-refractivity contribution in [1.82, 2.24) is 0 Å². The second-order valence-electron chi connectivity index (χ2n) is 3.19. The minimum atomic E-state index is -5.01. The van der Waals surface area contributed by atoms with E-state index >= 15 is 0 Å². The predicted molar refractivity (Wildman–Crippen MR) is 52.0 cm³/mol.